The molecule has 11 heavy (non-hydrogen) atoms. The van der Waals surface area contributed by atoms with Crippen molar-refractivity contribution in [2.45, 2.75) is 25.8 Å². The third-order valence-corrected chi connectivity index (χ3v) is 1.88. The molecule has 1 radical (unpaired) electrons. The Balaban J connectivity index is 2.09. The Morgan fingerprint density at radius 2 is 2.45 bits per heavy atom. The van der Waals surface area contributed by atoms with Gasteiger partial charge in [-0.1, -0.05) is 19.1 Å². The molecule has 0 aromatic heterocycles. The lowest BCUT2D eigenvalue weighted by Gasteiger charge is -2.21. The molecule has 0 aliphatic carbocycles. The molecule has 1 aliphatic heterocycles. The van der Waals surface area contributed by atoms with Crippen LogP contribution < -0.4 is 10.6 Å². The molecular formula is C9H17N2. The van der Waals surface area contributed by atoms with Crippen molar-refractivity contribution in [1.29, 1.82) is 0 Å². The number of rotatable bonds is 3. The predicted molar refractivity (Wildman–Crippen MR) is 47.7 cm³/mol. The normalized spacial score (nSPS) is 26.1. The summed E-state index contributed by atoms with van der Waals surface area (Å²) in [6.07, 6.45) is 6.75. The molecule has 2 nitrogen and oxygen atoms in total. The van der Waals surface area contributed by atoms with Gasteiger partial charge < -0.3 is 5.32 Å². The Kier molecular flexibility index (Phi) is 4.24. The Labute approximate surface area is 69.1 Å². The molecule has 63 valence electrons. The van der Waals surface area contributed by atoms with Gasteiger partial charge in [-0.3, -0.25) is 0 Å². The first-order chi connectivity index (χ1) is 5.43. The summed E-state index contributed by atoms with van der Waals surface area (Å²) in [5.74, 6) is 0. The largest absolute Gasteiger partial charge is 0.311 e. The highest BCUT2D eigenvalue weighted by Crippen LogP contribution is 1.96. The van der Waals surface area contributed by atoms with E-state index in [4.69, 9.17) is 0 Å². The van der Waals surface area contributed by atoms with E-state index in [2.05, 4.69) is 29.7 Å². The van der Waals surface area contributed by atoms with E-state index in [0.717, 1.165) is 32.5 Å². The van der Waals surface area contributed by atoms with Crippen LogP contribution in [0.3, 0.4) is 0 Å². The van der Waals surface area contributed by atoms with Crippen LogP contribution in [-0.4, -0.2) is 25.7 Å². The highest BCUT2D eigenvalue weighted by atomic mass is 15.0. The van der Waals surface area contributed by atoms with Crippen LogP contribution in [0.4, 0.5) is 0 Å². The quantitative estimate of drug-likeness (QED) is 0.599. The summed E-state index contributed by atoms with van der Waals surface area (Å²) in [6, 6.07) is 0.603. The van der Waals surface area contributed by atoms with Gasteiger partial charge in [0.05, 0.1) is 0 Å². The predicted octanol–water partition coefficient (Wildman–Crippen LogP) is 0.919. The van der Waals surface area contributed by atoms with E-state index in [-0.39, 0.29) is 0 Å². The summed E-state index contributed by atoms with van der Waals surface area (Å²) in [5, 5.41) is 7.77. The standard InChI is InChI=1S/C9H17N2/c1-2-3-4-5-9-8-10-6-7-11-9/h3-4,9,11H,2,5-8H2,1H3. The first kappa shape index (κ1) is 8.75. The van der Waals surface area contributed by atoms with Crippen LogP contribution in [0.5, 0.6) is 0 Å². The van der Waals surface area contributed by atoms with Gasteiger partial charge >= 0.3 is 0 Å². The van der Waals surface area contributed by atoms with Crippen molar-refractivity contribution < 1.29 is 0 Å². The molecule has 1 atom stereocenters. The Bertz CT molecular complexity index is 115. The molecule has 1 heterocycles. The van der Waals surface area contributed by atoms with Crippen molar-refractivity contribution >= 4 is 0 Å². The average molecular weight is 153 g/mol. The molecule has 1 unspecified atom stereocenters. The van der Waals surface area contributed by atoms with Gasteiger partial charge in [-0.2, -0.15) is 0 Å². The van der Waals surface area contributed by atoms with Gasteiger partial charge in [0.25, 0.3) is 0 Å². The van der Waals surface area contributed by atoms with Gasteiger partial charge in [0, 0.05) is 25.7 Å². The fraction of sp³-hybridized carbons (Fsp3) is 0.778. The van der Waals surface area contributed by atoms with E-state index in [1.165, 1.54) is 0 Å². The fourth-order valence-corrected chi connectivity index (χ4v) is 1.24. The van der Waals surface area contributed by atoms with E-state index in [1.54, 1.807) is 0 Å². The van der Waals surface area contributed by atoms with E-state index in [0.29, 0.717) is 6.04 Å². The van der Waals surface area contributed by atoms with Crippen LogP contribution in [0.2, 0.25) is 0 Å². The molecule has 0 bridgehead atoms. The summed E-state index contributed by atoms with van der Waals surface area (Å²) < 4.78 is 0. The number of hydrogen-bond donors (Lipinski definition) is 1. The third-order valence-electron chi connectivity index (χ3n) is 1.88. The Morgan fingerprint density at radius 1 is 1.55 bits per heavy atom. The second-order valence-corrected chi connectivity index (χ2v) is 2.90. The first-order valence-corrected chi connectivity index (χ1v) is 4.45. The molecule has 0 spiro atoms. The maximum absolute atomic E-state index is 4.34. The molecule has 0 aromatic carbocycles. The smallest absolute Gasteiger partial charge is 0.0291 e. The summed E-state index contributed by atoms with van der Waals surface area (Å²) in [6.45, 7) is 5.21. The van der Waals surface area contributed by atoms with E-state index in [1.807, 2.05) is 0 Å². The minimum atomic E-state index is 0.603. The van der Waals surface area contributed by atoms with Gasteiger partial charge in [0.15, 0.2) is 0 Å². The monoisotopic (exact) mass is 153 g/mol. The highest BCUT2D eigenvalue weighted by Gasteiger charge is 2.09. The highest BCUT2D eigenvalue weighted by molar-refractivity contribution is 4.87. The van der Waals surface area contributed by atoms with Gasteiger partial charge in [0.1, 0.15) is 0 Å². The average Bonchev–Trinajstić information content (AvgIpc) is 2.07. The maximum atomic E-state index is 4.34. The zero-order valence-electron chi connectivity index (χ0n) is 7.21. The number of allylic oxidation sites excluding steroid dienone is 1. The zero-order chi connectivity index (χ0) is 7.94. The second kappa shape index (κ2) is 5.33. The fourth-order valence-electron chi connectivity index (χ4n) is 1.24. The summed E-state index contributed by atoms with van der Waals surface area (Å²) in [5.41, 5.74) is 0. The molecule has 1 rings (SSSR count). The van der Waals surface area contributed by atoms with Crippen LogP contribution in [0.25, 0.3) is 0 Å². The molecule has 1 aliphatic rings. The van der Waals surface area contributed by atoms with Gasteiger partial charge in [-0.15, -0.1) is 0 Å². The topological polar surface area (TPSA) is 26.1 Å². The van der Waals surface area contributed by atoms with E-state index in [9.17, 15) is 0 Å². The number of hydrogen-bond acceptors (Lipinski definition) is 1. The van der Waals surface area contributed by atoms with Crippen molar-refractivity contribution in [2.24, 2.45) is 0 Å². The van der Waals surface area contributed by atoms with Crippen LogP contribution in [0.15, 0.2) is 12.2 Å². The maximum Gasteiger partial charge on any atom is 0.0291 e. The molecule has 0 amide bonds. The molecule has 0 saturated carbocycles. The zero-order valence-corrected chi connectivity index (χ0v) is 7.21. The molecule has 0 aromatic rings. The minimum absolute atomic E-state index is 0.603. The van der Waals surface area contributed by atoms with Crippen LogP contribution in [-0.2, 0) is 0 Å². The second-order valence-electron chi connectivity index (χ2n) is 2.90. The summed E-state index contributed by atoms with van der Waals surface area (Å²) >= 11 is 0. The van der Waals surface area contributed by atoms with E-state index >= 15 is 0 Å². The van der Waals surface area contributed by atoms with Crippen molar-refractivity contribution in [2.75, 3.05) is 19.6 Å². The summed E-state index contributed by atoms with van der Waals surface area (Å²) in [7, 11) is 0. The van der Waals surface area contributed by atoms with Crippen molar-refractivity contribution in [1.82, 2.24) is 10.6 Å². The lowest BCUT2D eigenvalue weighted by molar-refractivity contribution is 0.415. The van der Waals surface area contributed by atoms with Gasteiger partial charge in [0.2, 0.25) is 0 Å². The SMILES string of the molecule is CCC=CCC1C[N]CCN1. The molecular weight excluding hydrogens is 136 g/mol. The molecule has 1 saturated heterocycles. The molecule has 2 heteroatoms. The Hall–Kier alpha value is -0.340. The van der Waals surface area contributed by atoms with E-state index < -0.39 is 0 Å². The number of nitrogens with zero attached hydrogens (tertiary/aromatic N) is 1. The lowest BCUT2D eigenvalue weighted by Crippen LogP contribution is -2.44. The van der Waals surface area contributed by atoms with Crippen LogP contribution in [0.1, 0.15) is 19.8 Å². The number of nitrogens with one attached hydrogen (secondary N) is 1. The van der Waals surface area contributed by atoms with Gasteiger partial charge in [-0.25, -0.2) is 5.32 Å². The van der Waals surface area contributed by atoms with Crippen molar-refractivity contribution in [3.05, 3.63) is 12.2 Å². The van der Waals surface area contributed by atoms with Crippen LogP contribution >= 0.6 is 0 Å². The van der Waals surface area contributed by atoms with Crippen molar-refractivity contribution in [3.63, 3.8) is 0 Å². The number of piperazine rings is 1. The lowest BCUT2D eigenvalue weighted by atomic mass is 10.1. The van der Waals surface area contributed by atoms with Crippen LogP contribution in [0, 0.1) is 0 Å². The van der Waals surface area contributed by atoms with Gasteiger partial charge in [-0.05, 0) is 12.8 Å². The molecule has 1 N–H and O–H groups in total. The third kappa shape index (κ3) is 3.54. The van der Waals surface area contributed by atoms with Crippen molar-refractivity contribution in [3.8, 4) is 0 Å². The Morgan fingerprint density at radius 3 is 3.09 bits per heavy atom. The molecule has 1 fully saturated rings. The minimum Gasteiger partial charge on any atom is -0.311 e. The first-order valence-electron chi connectivity index (χ1n) is 4.45. The summed E-state index contributed by atoms with van der Waals surface area (Å²) in [4.78, 5) is 0.